The molecule has 1 atom stereocenters. The molecule has 0 N–H and O–H groups in total. The molecule has 0 spiro atoms. The van der Waals surface area contributed by atoms with E-state index in [-0.39, 0.29) is 11.4 Å². The summed E-state index contributed by atoms with van der Waals surface area (Å²) in [6.45, 7) is 5.02. The topological polar surface area (TPSA) is 44.2 Å². The first kappa shape index (κ1) is 12.7. The molecule has 1 aromatic heterocycles. The van der Waals surface area contributed by atoms with Crippen molar-refractivity contribution in [3.63, 3.8) is 0 Å². The summed E-state index contributed by atoms with van der Waals surface area (Å²) in [5, 5.41) is 0.164. The maximum atomic E-state index is 5.65. The lowest BCUT2D eigenvalue weighted by molar-refractivity contribution is 0.0628. The van der Waals surface area contributed by atoms with Crippen LogP contribution < -0.4 is 4.74 Å². The van der Waals surface area contributed by atoms with E-state index < -0.39 is 0 Å². The van der Waals surface area contributed by atoms with Crippen LogP contribution in [0.15, 0.2) is 10.7 Å². The monoisotopic (exact) mass is 294 g/mol. The average Bonchev–Trinajstić information content (AvgIpc) is 2.20. The van der Waals surface area contributed by atoms with E-state index in [0.29, 0.717) is 23.6 Å². The Balaban J connectivity index is 2.59. The normalized spacial score (nSPS) is 12.5. The van der Waals surface area contributed by atoms with Crippen LogP contribution in [0.2, 0.25) is 5.28 Å². The SMILES string of the molecule is CCOCC(C)Oc1nc(Cl)ncc1Br. The van der Waals surface area contributed by atoms with Gasteiger partial charge in [0.1, 0.15) is 6.10 Å². The molecule has 0 saturated heterocycles. The van der Waals surface area contributed by atoms with Crippen LogP contribution in [0.4, 0.5) is 0 Å². The molecule has 0 aliphatic carbocycles. The van der Waals surface area contributed by atoms with E-state index in [1.54, 1.807) is 6.20 Å². The maximum absolute atomic E-state index is 5.65. The highest BCUT2D eigenvalue weighted by molar-refractivity contribution is 9.10. The Morgan fingerprint density at radius 1 is 1.60 bits per heavy atom. The van der Waals surface area contributed by atoms with Gasteiger partial charge in [0.25, 0.3) is 0 Å². The molecule has 1 unspecified atom stereocenters. The summed E-state index contributed by atoms with van der Waals surface area (Å²) in [6, 6.07) is 0. The van der Waals surface area contributed by atoms with Crippen LogP contribution in [-0.2, 0) is 4.74 Å². The number of hydrogen-bond acceptors (Lipinski definition) is 4. The van der Waals surface area contributed by atoms with Gasteiger partial charge in [-0.1, -0.05) is 0 Å². The van der Waals surface area contributed by atoms with Gasteiger partial charge in [0, 0.05) is 12.8 Å². The zero-order valence-electron chi connectivity index (χ0n) is 8.54. The molecule has 0 aromatic carbocycles. The van der Waals surface area contributed by atoms with Crippen molar-refractivity contribution >= 4 is 27.5 Å². The smallest absolute Gasteiger partial charge is 0.232 e. The number of aromatic nitrogens is 2. The molecule has 1 heterocycles. The molecule has 0 amide bonds. The predicted molar refractivity (Wildman–Crippen MR) is 61.3 cm³/mol. The first-order valence-electron chi connectivity index (χ1n) is 4.56. The first-order chi connectivity index (χ1) is 7.13. The maximum Gasteiger partial charge on any atom is 0.232 e. The molecule has 1 aromatic rings. The number of halogens is 2. The van der Waals surface area contributed by atoms with Gasteiger partial charge in [0.05, 0.1) is 11.1 Å². The standard InChI is InChI=1S/C9H12BrClN2O2/c1-3-14-5-6(2)15-8-7(10)4-12-9(11)13-8/h4,6H,3,5H2,1-2H3. The van der Waals surface area contributed by atoms with Crippen LogP contribution in [0.5, 0.6) is 5.88 Å². The Bertz CT molecular complexity index is 325. The quantitative estimate of drug-likeness (QED) is 0.784. The van der Waals surface area contributed by atoms with Gasteiger partial charge in [0.15, 0.2) is 0 Å². The molecule has 4 nitrogen and oxygen atoms in total. The fraction of sp³-hybridized carbons (Fsp3) is 0.556. The van der Waals surface area contributed by atoms with Gasteiger partial charge in [-0.2, -0.15) is 4.98 Å². The highest BCUT2D eigenvalue weighted by atomic mass is 79.9. The van der Waals surface area contributed by atoms with Crippen molar-refractivity contribution in [2.75, 3.05) is 13.2 Å². The van der Waals surface area contributed by atoms with Crippen molar-refractivity contribution in [1.82, 2.24) is 9.97 Å². The molecular weight excluding hydrogens is 283 g/mol. The summed E-state index contributed by atoms with van der Waals surface area (Å²) in [5.41, 5.74) is 0. The Labute approximate surface area is 102 Å². The largest absolute Gasteiger partial charge is 0.471 e. The van der Waals surface area contributed by atoms with Crippen molar-refractivity contribution in [3.05, 3.63) is 16.0 Å². The first-order valence-corrected chi connectivity index (χ1v) is 5.73. The summed E-state index contributed by atoms with van der Waals surface area (Å²) in [5.74, 6) is 0.433. The van der Waals surface area contributed by atoms with Crippen LogP contribution in [0.1, 0.15) is 13.8 Å². The summed E-state index contributed by atoms with van der Waals surface area (Å²) in [4.78, 5) is 7.76. The molecule has 1 rings (SSSR count). The highest BCUT2D eigenvalue weighted by Gasteiger charge is 2.09. The van der Waals surface area contributed by atoms with Gasteiger partial charge in [-0.25, -0.2) is 4.98 Å². The third-order valence-electron chi connectivity index (χ3n) is 1.55. The molecule has 15 heavy (non-hydrogen) atoms. The lowest BCUT2D eigenvalue weighted by Gasteiger charge is -2.14. The van der Waals surface area contributed by atoms with E-state index >= 15 is 0 Å². The third-order valence-corrected chi connectivity index (χ3v) is 2.28. The van der Waals surface area contributed by atoms with Crippen LogP contribution in [-0.4, -0.2) is 29.3 Å². The lowest BCUT2D eigenvalue weighted by atomic mass is 10.4. The average molecular weight is 296 g/mol. The van der Waals surface area contributed by atoms with Gasteiger partial charge < -0.3 is 9.47 Å². The Hall–Kier alpha value is -0.390. The van der Waals surface area contributed by atoms with Crippen molar-refractivity contribution in [3.8, 4) is 5.88 Å². The van der Waals surface area contributed by atoms with Gasteiger partial charge in [0.2, 0.25) is 11.2 Å². The highest BCUT2D eigenvalue weighted by Crippen LogP contribution is 2.23. The van der Waals surface area contributed by atoms with Crippen molar-refractivity contribution in [2.24, 2.45) is 0 Å². The molecule has 0 aliphatic heterocycles. The summed E-state index contributed by atoms with van der Waals surface area (Å²) in [6.07, 6.45) is 1.48. The van der Waals surface area contributed by atoms with Gasteiger partial charge in [-0.05, 0) is 41.4 Å². The number of rotatable bonds is 5. The minimum atomic E-state index is -0.0767. The minimum Gasteiger partial charge on any atom is -0.471 e. The fourth-order valence-corrected chi connectivity index (χ4v) is 1.33. The van der Waals surface area contributed by atoms with Crippen molar-refractivity contribution < 1.29 is 9.47 Å². The zero-order valence-corrected chi connectivity index (χ0v) is 10.9. The van der Waals surface area contributed by atoms with E-state index in [0.717, 1.165) is 0 Å². The van der Waals surface area contributed by atoms with Crippen LogP contribution in [0, 0.1) is 0 Å². The van der Waals surface area contributed by atoms with Crippen LogP contribution in [0.3, 0.4) is 0 Å². The molecule has 0 bridgehead atoms. The summed E-state index contributed by atoms with van der Waals surface area (Å²) < 4.78 is 11.4. The molecule has 0 saturated carbocycles. The summed E-state index contributed by atoms with van der Waals surface area (Å²) >= 11 is 8.93. The third kappa shape index (κ3) is 4.32. The van der Waals surface area contributed by atoms with E-state index in [2.05, 4.69) is 25.9 Å². The second-order valence-electron chi connectivity index (χ2n) is 2.88. The van der Waals surface area contributed by atoms with E-state index in [4.69, 9.17) is 21.1 Å². The number of ether oxygens (including phenoxy) is 2. The number of hydrogen-bond donors (Lipinski definition) is 0. The Morgan fingerprint density at radius 3 is 3.00 bits per heavy atom. The van der Waals surface area contributed by atoms with E-state index in [9.17, 15) is 0 Å². The van der Waals surface area contributed by atoms with Crippen molar-refractivity contribution in [2.45, 2.75) is 20.0 Å². The Kier molecular flexibility index (Phi) is 5.28. The van der Waals surface area contributed by atoms with E-state index in [1.807, 2.05) is 13.8 Å². The van der Waals surface area contributed by atoms with Crippen LogP contribution in [0.25, 0.3) is 0 Å². The van der Waals surface area contributed by atoms with Gasteiger partial charge >= 0.3 is 0 Å². The Morgan fingerprint density at radius 2 is 2.33 bits per heavy atom. The predicted octanol–water partition coefficient (Wildman–Crippen LogP) is 2.70. The lowest BCUT2D eigenvalue weighted by Crippen LogP contribution is -2.20. The molecule has 0 aliphatic rings. The molecular formula is C9H12BrClN2O2. The molecule has 6 heteroatoms. The van der Waals surface area contributed by atoms with Crippen LogP contribution >= 0.6 is 27.5 Å². The second kappa shape index (κ2) is 6.25. The molecule has 0 fully saturated rings. The van der Waals surface area contributed by atoms with Gasteiger partial charge in [-0.15, -0.1) is 0 Å². The van der Waals surface area contributed by atoms with Crippen molar-refractivity contribution in [1.29, 1.82) is 0 Å². The minimum absolute atomic E-state index is 0.0767. The van der Waals surface area contributed by atoms with E-state index in [1.165, 1.54) is 0 Å². The molecule has 0 radical (unpaired) electrons. The molecule has 84 valence electrons. The number of nitrogens with zero attached hydrogens (tertiary/aromatic N) is 2. The second-order valence-corrected chi connectivity index (χ2v) is 4.07. The zero-order chi connectivity index (χ0) is 11.3. The summed E-state index contributed by atoms with van der Waals surface area (Å²) in [7, 11) is 0. The van der Waals surface area contributed by atoms with Gasteiger partial charge in [-0.3, -0.25) is 0 Å². The fourth-order valence-electron chi connectivity index (χ4n) is 0.922.